The molecule has 0 atom stereocenters. The monoisotopic (exact) mass is 444 g/mol. The number of nitrogens with one attached hydrogen (secondary N) is 2. The number of amides is 2. The van der Waals surface area contributed by atoms with Gasteiger partial charge in [-0.05, 0) is 29.8 Å². The van der Waals surface area contributed by atoms with Gasteiger partial charge in [-0.25, -0.2) is 4.98 Å². The Morgan fingerprint density at radius 2 is 1.53 bits per heavy atom. The normalized spacial score (nSPS) is 10.6. The number of fused-ring (bicyclic) bond motifs is 1. The molecule has 7 nitrogen and oxygen atoms in total. The molecule has 0 radical (unpaired) electrons. The zero-order valence-electron chi connectivity index (χ0n) is 17.0. The third-order valence-electron chi connectivity index (χ3n) is 4.66. The van der Waals surface area contributed by atoms with Gasteiger partial charge in [-0.2, -0.15) is 4.68 Å². The fraction of sp³-hybridized carbons (Fsp3) is 0.0833. The zero-order valence-corrected chi connectivity index (χ0v) is 17.8. The number of aromatic nitrogens is 2. The Balaban J connectivity index is 1.55. The summed E-state index contributed by atoms with van der Waals surface area (Å²) in [7, 11) is 0. The van der Waals surface area contributed by atoms with Crippen LogP contribution in [0.5, 0.6) is 0 Å². The molecular weight excluding hydrogens is 424 g/mol. The molecule has 0 bridgehead atoms. The van der Waals surface area contributed by atoms with Crippen LogP contribution in [0.25, 0.3) is 10.9 Å². The Bertz CT molecular complexity index is 1310. The van der Waals surface area contributed by atoms with E-state index >= 15 is 0 Å². The molecule has 2 N–H and O–H groups in total. The van der Waals surface area contributed by atoms with Gasteiger partial charge in [0.25, 0.3) is 11.5 Å². The molecule has 2 amide bonds. The van der Waals surface area contributed by atoms with E-state index in [1.54, 1.807) is 54.6 Å². The van der Waals surface area contributed by atoms with Crippen molar-refractivity contribution < 1.29 is 9.59 Å². The van der Waals surface area contributed by atoms with Gasteiger partial charge in [-0.1, -0.05) is 72.4 Å². The molecule has 0 saturated carbocycles. The van der Waals surface area contributed by atoms with Crippen molar-refractivity contribution in [2.45, 2.75) is 11.7 Å². The smallest absolute Gasteiger partial charge is 0.281 e. The van der Waals surface area contributed by atoms with Crippen LogP contribution in [0, 0.1) is 0 Å². The number of thioether (sulfide) groups is 1. The summed E-state index contributed by atoms with van der Waals surface area (Å²) in [6, 6.07) is 25.0. The highest BCUT2D eigenvalue weighted by molar-refractivity contribution is 7.99. The minimum atomic E-state index is -0.444. The van der Waals surface area contributed by atoms with E-state index in [1.807, 2.05) is 30.3 Å². The number of nitrogens with zero attached hydrogens (tertiary/aromatic N) is 2. The quantitative estimate of drug-likeness (QED) is 0.337. The molecule has 0 aliphatic carbocycles. The van der Waals surface area contributed by atoms with Gasteiger partial charge in [0.15, 0.2) is 5.16 Å². The lowest BCUT2D eigenvalue weighted by Crippen LogP contribution is -2.35. The van der Waals surface area contributed by atoms with Crippen LogP contribution >= 0.6 is 11.8 Å². The summed E-state index contributed by atoms with van der Waals surface area (Å²) in [5.74, 6) is -0.610. The van der Waals surface area contributed by atoms with Gasteiger partial charge < -0.3 is 5.32 Å². The van der Waals surface area contributed by atoms with E-state index in [4.69, 9.17) is 0 Å². The number of hydrogen-bond donors (Lipinski definition) is 2. The van der Waals surface area contributed by atoms with Gasteiger partial charge in [0.1, 0.15) is 0 Å². The predicted molar refractivity (Wildman–Crippen MR) is 125 cm³/mol. The van der Waals surface area contributed by atoms with Crippen molar-refractivity contribution in [2.75, 3.05) is 11.2 Å². The first kappa shape index (κ1) is 21.3. The Kier molecular flexibility index (Phi) is 6.62. The van der Waals surface area contributed by atoms with E-state index < -0.39 is 11.5 Å². The molecule has 3 aromatic carbocycles. The lowest BCUT2D eigenvalue weighted by molar-refractivity contribution is -0.118. The lowest BCUT2D eigenvalue weighted by atomic mass is 10.2. The summed E-state index contributed by atoms with van der Waals surface area (Å²) in [5.41, 5.74) is 4.10. The van der Waals surface area contributed by atoms with Crippen molar-refractivity contribution in [3.63, 3.8) is 0 Å². The zero-order chi connectivity index (χ0) is 22.3. The molecule has 160 valence electrons. The van der Waals surface area contributed by atoms with E-state index in [0.29, 0.717) is 23.0 Å². The SMILES string of the molecule is O=C(CSc1nc2ccccc2c(=O)n1NC(=O)c1ccccc1)NCc1ccccc1. The molecular formula is C24H20N4O3S. The highest BCUT2D eigenvalue weighted by Gasteiger charge is 2.16. The maximum atomic E-state index is 13.1. The molecule has 0 spiro atoms. The average Bonchev–Trinajstić information content (AvgIpc) is 2.84. The van der Waals surface area contributed by atoms with Crippen LogP contribution in [0.4, 0.5) is 0 Å². The predicted octanol–water partition coefficient (Wildman–Crippen LogP) is 3.19. The van der Waals surface area contributed by atoms with Gasteiger partial charge in [-0.3, -0.25) is 19.8 Å². The second-order valence-corrected chi connectivity index (χ2v) is 7.85. The van der Waals surface area contributed by atoms with E-state index in [-0.39, 0.29) is 16.8 Å². The second-order valence-electron chi connectivity index (χ2n) is 6.91. The Labute approximate surface area is 188 Å². The molecule has 8 heteroatoms. The third-order valence-corrected chi connectivity index (χ3v) is 5.60. The highest BCUT2D eigenvalue weighted by atomic mass is 32.2. The van der Waals surface area contributed by atoms with Gasteiger partial charge in [0.05, 0.1) is 16.7 Å². The Hall–Kier alpha value is -3.91. The van der Waals surface area contributed by atoms with Crippen LogP contribution in [0.1, 0.15) is 15.9 Å². The van der Waals surface area contributed by atoms with Crippen molar-refractivity contribution in [1.29, 1.82) is 0 Å². The average molecular weight is 445 g/mol. The summed E-state index contributed by atoms with van der Waals surface area (Å²) < 4.78 is 1.10. The van der Waals surface area contributed by atoms with Crippen LogP contribution in [0.15, 0.2) is 94.9 Å². The fourth-order valence-electron chi connectivity index (χ4n) is 3.04. The summed E-state index contributed by atoms with van der Waals surface area (Å²) in [6.07, 6.45) is 0. The van der Waals surface area contributed by atoms with Crippen LogP contribution in [0.3, 0.4) is 0 Å². The molecule has 32 heavy (non-hydrogen) atoms. The third kappa shape index (κ3) is 5.04. The van der Waals surface area contributed by atoms with E-state index in [9.17, 15) is 14.4 Å². The van der Waals surface area contributed by atoms with Crippen LogP contribution < -0.4 is 16.3 Å². The summed E-state index contributed by atoms with van der Waals surface area (Å²) >= 11 is 1.08. The van der Waals surface area contributed by atoms with Gasteiger partial charge in [0.2, 0.25) is 5.91 Å². The molecule has 1 heterocycles. The Morgan fingerprint density at radius 3 is 2.28 bits per heavy atom. The summed E-state index contributed by atoms with van der Waals surface area (Å²) in [5, 5.41) is 3.45. The van der Waals surface area contributed by atoms with Gasteiger partial charge >= 0.3 is 0 Å². The number of rotatable bonds is 7. The number of carbonyl (C=O) groups excluding carboxylic acids is 2. The van der Waals surface area contributed by atoms with Crippen molar-refractivity contribution >= 4 is 34.5 Å². The molecule has 0 aliphatic heterocycles. The first-order valence-corrected chi connectivity index (χ1v) is 10.9. The number of carbonyl (C=O) groups is 2. The largest absolute Gasteiger partial charge is 0.351 e. The highest BCUT2D eigenvalue weighted by Crippen LogP contribution is 2.17. The van der Waals surface area contributed by atoms with E-state index in [2.05, 4.69) is 15.7 Å². The minimum Gasteiger partial charge on any atom is -0.351 e. The van der Waals surface area contributed by atoms with E-state index in [1.165, 1.54) is 0 Å². The van der Waals surface area contributed by atoms with Gasteiger partial charge in [0, 0.05) is 12.1 Å². The molecule has 0 saturated heterocycles. The fourth-order valence-corrected chi connectivity index (χ4v) is 3.82. The molecule has 4 rings (SSSR count). The first-order valence-electron chi connectivity index (χ1n) is 9.93. The van der Waals surface area contributed by atoms with Crippen molar-refractivity contribution in [2.24, 2.45) is 0 Å². The summed E-state index contributed by atoms with van der Waals surface area (Å²) in [4.78, 5) is 42.6. The summed E-state index contributed by atoms with van der Waals surface area (Å²) in [6.45, 7) is 0.406. The number of benzene rings is 3. The minimum absolute atomic E-state index is 0.0405. The molecule has 1 aromatic heterocycles. The standard InChI is InChI=1S/C24H20N4O3S/c29-21(25-15-17-9-3-1-4-10-17)16-32-24-26-20-14-8-7-13-19(20)23(31)28(24)27-22(30)18-11-5-2-6-12-18/h1-14H,15-16H2,(H,25,29)(H,27,30). The van der Waals surface area contributed by atoms with E-state index in [0.717, 1.165) is 22.0 Å². The van der Waals surface area contributed by atoms with Crippen LogP contribution in [-0.4, -0.2) is 27.2 Å². The second kappa shape index (κ2) is 9.93. The lowest BCUT2D eigenvalue weighted by Gasteiger charge is -2.14. The van der Waals surface area contributed by atoms with Gasteiger partial charge in [-0.15, -0.1) is 0 Å². The molecule has 4 aromatic rings. The maximum Gasteiger partial charge on any atom is 0.281 e. The number of para-hydroxylation sites is 1. The first-order chi connectivity index (χ1) is 15.6. The van der Waals surface area contributed by atoms with Crippen LogP contribution in [0.2, 0.25) is 0 Å². The Morgan fingerprint density at radius 1 is 0.875 bits per heavy atom. The van der Waals surface area contributed by atoms with Crippen LogP contribution in [-0.2, 0) is 11.3 Å². The van der Waals surface area contributed by atoms with Crippen molar-refractivity contribution in [1.82, 2.24) is 15.0 Å². The molecule has 0 fully saturated rings. The van der Waals surface area contributed by atoms with Crippen molar-refractivity contribution in [3.05, 3.63) is 106 Å². The topological polar surface area (TPSA) is 93.1 Å². The van der Waals surface area contributed by atoms with Crippen molar-refractivity contribution in [3.8, 4) is 0 Å². The molecule has 0 aliphatic rings. The number of hydrogen-bond acceptors (Lipinski definition) is 5. The molecule has 0 unspecified atom stereocenters. The maximum absolute atomic E-state index is 13.1.